The number of fused-ring (bicyclic) bond motifs is 1. The van der Waals surface area contributed by atoms with Crippen LogP contribution >= 0.6 is 0 Å². The minimum atomic E-state index is 0.493. The summed E-state index contributed by atoms with van der Waals surface area (Å²) in [5.41, 5.74) is 2.53. The molecular formula is C13H19N3. The largest absolute Gasteiger partial charge is 0.361 e. The second-order valence-electron chi connectivity index (χ2n) is 4.24. The Labute approximate surface area is 96.2 Å². The van der Waals surface area contributed by atoms with Crippen LogP contribution in [0.5, 0.6) is 0 Å². The lowest BCUT2D eigenvalue weighted by Crippen LogP contribution is -2.34. The highest BCUT2D eigenvalue weighted by Gasteiger charge is 2.01. The molecule has 1 heterocycles. The van der Waals surface area contributed by atoms with Gasteiger partial charge in [0.25, 0.3) is 0 Å². The van der Waals surface area contributed by atoms with Gasteiger partial charge in [-0.15, -0.1) is 0 Å². The quantitative estimate of drug-likeness (QED) is 0.715. The molecule has 3 N–H and O–H groups in total. The second kappa shape index (κ2) is 5.14. The van der Waals surface area contributed by atoms with Crippen LogP contribution in [0.3, 0.4) is 0 Å². The van der Waals surface area contributed by atoms with Crippen molar-refractivity contribution in [1.82, 2.24) is 15.6 Å². The summed E-state index contributed by atoms with van der Waals surface area (Å²) in [6.07, 6.45) is 1.98. The SMILES string of the molecule is CNCC(C)NCc1ccc2[nH]ccc2c1. The molecule has 0 saturated heterocycles. The highest BCUT2D eigenvalue weighted by Crippen LogP contribution is 2.14. The first-order valence-corrected chi connectivity index (χ1v) is 5.73. The summed E-state index contributed by atoms with van der Waals surface area (Å²) < 4.78 is 0. The maximum absolute atomic E-state index is 3.48. The molecule has 0 bridgehead atoms. The molecule has 0 radical (unpaired) electrons. The third-order valence-electron chi connectivity index (χ3n) is 2.78. The molecule has 0 saturated carbocycles. The lowest BCUT2D eigenvalue weighted by atomic mass is 10.1. The van der Waals surface area contributed by atoms with Crippen LogP contribution in [0.25, 0.3) is 10.9 Å². The highest BCUT2D eigenvalue weighted by atomic mass is 15.0. The van der Waals surface area contributed by atoms with Gasteiger partial charge in [-0.25, -0.2) is 0 Å². The molecule has 1 aromatic heterocycles. The number of nitrogens with one attached hydrogen (secondary N) is 3. The predicted molar refractivity (Wildman–Crippen MR) is 68.5 cm³/mol. The Morgan fingerprint density at radius 1 is 1.31 bits per heavy atom. The molecule has 1 unspecified atom stereocenters. The minimum Gasteiger partial charge on any atom is -0.361 e. The van der Waals surface area contributed by atoms with Crippen molar-refractivity contribution in [2.75, 3.05) is 13.6 Å². The lowest BCUT2D eigenvalue weighted by Gasteiger charge is -2.13. The van der Waals surface area contributed by atoms with Crippen LogP contribution in [-0.2, 0) is 6.54 Å². The highest BCUT2D eigenvalue weighted by molar-refractivity contribution is 5.79. The van der Waals surface area contributed by atoms with E-state index in [-0.39, 0.29) is 0 Å². The zero-order chi connectivity index (χ0) is 11.4. The number of H-pyrrole nitrogens is 1. The molecule has 86 valence electrons. The van der Waals surface area contributed by atoms with Gasteiger partial charge in [0.2, 0.25) is 0 Å². The summed E-state index contributed by atoms with van der Waals surface area (Å²) in [6, 6.07) is 9.13. The summed E-state index contributed by atoms with van der Waals surface area (Å²) in [6.45, 7) is 4.10. The Balaban J connectivity index is 1.98. The van der Waals surface area contributed by atoms with E-state index in [9.17, 15) is 0 Å². The first-order chi connectivity index (χ1) is 7.79. The van der Waals surface area contributed by atoms with Gasteiger partial charge in [0.15, 0.2) is 0 Å². The van der Waals surface area contributed by atoms with Crippen molar-refractivity contribution in [2.24, 2.45) is 0 Å². The molecule has 16 heavy (non-hydrogen) atoms. The average molecular weight is 217 g/mol. The first-order valence-electron chi connectivity index (χ1n) is 5.73. The fourth-order valence-electron chi connectivity index (χ4n) is 1.88. The monoisotopic (exact) mass is 217 g/mol. The van der Waals surface area contributed by atoms with Gasteiger partial charge >= 0.3 is 0 Å². The summed E-state index contributed by atoms with van der Waals surface area (Å²) in [4.78, 5) is 3.20. The summed E-state index contributed by atoms with van der Waals surface area (Å²) in [5.74, 6) is 0. The van der Waals surface area contributed by atoms with E-state index in [1.54, 1.807) is 0 Å². The maximum atomic E-state index is 3.48. The second-order valence-corrected chi connectivity index (χ2v) is 4.24. The van der Waals surface area contributed by atoms with Crippen molar-refractivity contribution in [3.63, 3.8) is 0 Å². The van der Waals surface area contributed by atoms with E-state index < -0.39 is 0 Å². The van der Waals surface area contributed by atoms with Crippen molar-refractivity contribution in [1.29, 1.82) is 0 Å². The van der Waals surface area contributed by atoms with Gasteiger partial charge in [0, 0.05) is 30.8 Å². The maximum Gasteiger partial charge on any atom is 0.0454 e. The van der Waals surface area contributed by atoms with Gasteiger partial charge in [-0.2, -0.15) is 0 Å². The first kappa shape index (κ1) is 11.2. The van der Waals surface area contributed by atoms with Gasteiger partial charge in [-0.1, -0.05) is 6.07 Å². The van der Waals surface area contributed by atoms with E-state index in [0.29, 0.717) is 6.04 Å². The molecular weight excluding hydrogens is 198 g/mol. The standard InChI is InChI=1S/C13H19N3/c1-10(8-14-2)16-9-11-3-4-13-12(7-11)5-6-15-13/h3-7,10,14-16H,8-9H2,1-2H3. The zero-order valence-electron chi connectivity index (χ0n) is 9.88. The van der Waals surface area contributed by atoms with Crippen LogP contribution in [0, 0.1) is 0 Å². The third-order valence-corrected chi connectivity index (χ3v) is 2.78. The predicted octanol–water partition coefficient (Wildman–Crippen LogP) is 1.87. The summed E-state index contributed by atoms with van der Waals surface area (Å²) in [7, 11) is 1.98. The molecule has 1 atom stereocenters. The molecule has 0 spiro atoms. The van der Waals surface area contributed by atoms with Gasteiger partial charge in [0.1, 0.15) is 0 Å². The van der Waals surface area contributed by atoms with Crippen molar-refractivity contribution in [3.05, 3.63) is 36.0 Å². The van der Waals surface area contributed by atoms with E-state index >= 15 is 0 Å². The number of hydrogen-bond acceptors (Lipinski definition) is 2. The van der Waals surface area contributed by atoms with Crippen LogP contribution in [0.4, 0.5) is 0 Å². The Morgan fingerprint density at radius 2 is 2.19 bits per heavy atom. The minimum absolute atomic E-state index is 0.493. The number of aromatic nitrogens is 1. The fourth-order valence-corrected chi connectivity index (χ4v) is 1.88. The number of aromatic amines is 1. The van der Waals surface area contributed by atoms with Crippen LogP contribution in [0.15, 0.2) is 30.5 Å². The van der Waals surface area contributed by atoms with Gasteiger partial charge in [-0.3, -0.25) is 0 Å². The molecule has 2 aromatic rings. The normalized spacial score (nSPS) is 13.1. The molecule has 2 rings (SSSR count). The Hall–Kier alpha value is -1.32. The van der Waals surface area contributed by atoms with Crippen molar-refractivity contribution in [2.45, 2.75) is 19.5 Å². The van der Waals surface area contributed by atoms with E-state index in [4.69, 9.17) is 0 Å². The molecule has 1 aromatic carbocycles. The van der Waals surface area contributed by atoms with Gasteiger partial charge < -0.3 is 15.6 Å². The Bertz CT molecular complexity index is 447. The molecule has 0 amide bonds. The topological polar surface area (TPSA) is 39.8 Å². The molecule has 0 aliphatic carbocycles. The molecule has 3 heteroatoms. The van der Waals surface area contributed by atoms with Crippen LogP contribution < -0.4 is 10.6 Å². The smallest absolute Gasteiger partial charge is 0.0454 e. The van der Waals surface area contributed by atoms with Crippen LogP contribution in [0.2, 0.25) is 0 Å². The number of hydrogen-bond donors (Lipinski definition) is 3. The molecule has 0 fully saturated rings. The fraction of sp³-hybridized carbons (Fsp3) is 0.385. The zero-order valence-corrected chi connectivity index (χ0v) is 9.88. The van der Waals surface area contributed by atoms with Crippen molar-refractivity contribution >= 4 is 10.9 Å². The van der Waals surface area contributed by atoms with Crippen molar-refractivity contribution < 1.29 is 0 Å². The summed E-state index contributed by atoms with van der Waals surface area (Å²) >= 11 is 0. The Kier molecular flexibility index (Phi) is 3.59. The molecule has 0 aliphatic rings. The lowest BCUT2D eigenvalue weighted by molar-refractivity contribution is 0.523. The summed E-state index contributed by atoms with van der Waals surface area (Å²) in [5, 5.41) is 7.92. The third kappa shape index (κ3) is 2.62. The van der Waals surface area contributed by atoms with E-state index in [1.165, 1.54) is 16.5 Å². The van der Waals surface area contributed by atoms with Crippen LogP contribution in [0.1, 0.15) is 12.5 Å². The van der Waals surface area contributed by atoms with Gasteiger partial charge in [-0.05, 0) is 43.1 Å². The molecule has 3 nitrogen and oxygen atoms in total. The number of rotatable bonds is 5. The van der Waals surface area contributed by atoms with E-state index in [1.807, 2.05) is 13.2 Å². The van der Waals surface area contributed by atoms with E-state index in [2.05, 4.69) is 46.8 Å². The molecule has 0 aliphatic heterocycles. The van der Waals surface area contributed by atoms with Crippen molar-refractivity contribution in [3.8, 4) is 0 Å². The van der Waals surface area contributed by atoms with Gasteiger partial charge in [0.05, 0.1) is 0 Å². The van der Waals surface area contributed by atoms with Crippen LogP contribution in [-0.4, -0.2) is 24.6 Å². The van der Waals surface area contributed by atoms with E-state index in [0.717, 1.165) is 13.1 Å². The number of benzene rings is 1. The average Bonchev–Trinajstić information content (AvgIpc) is 2.74. The Morgan fingerprint density at radius 3 is 3.00 bits per heavy atom. The number of likely N-dealkylation sites (N-methyl/N-ethyl adjacent to an activating group) is 1.